The molecule has 1 N–H and O–H groups in total. The van der Waals surface area contributed by atoms with Gasteiger partial charge in [-0.1, -0.05) is 54.6 Å². The van der Waals surface area contributed by atoms with Crippen molar-refractivity contribution in [3.05, 3.63) is 109 Å². The van der Waals surface area contributed by atoms with E-state index in [-0.39, 0.29) is 12.2 Å². The number of aromatic nitrogens is 2. The number of carbonyl (C=O) groups is 1. The van der Waals surface area contributed by atoms with Crippen LogP contribution in [0, 0.1) is 0 Å². The molecule has 1 aliphatic rings. The van der Waals surface area contributed by atoms with Gasteiger partial charge in [-0.15, -0.1) is 0 Å². The highest BCUT2D eigenvalue weighted by Gasteiger charge is 2.26. The molecule has 1 saturated heterocycles. The normalized spacial score (nSPS) is 14.9. The highest BCUT2D eigenvalue weighted by molar-refractivity contribution is 5.96. The lowest BCUT2D eigenvalue weighted by atomic mass is 9.98. The zero-order valence-corrected chi connectivity index (χ0v) is 25.9. The van der Waals surface area contributed by atoms with Crippen molar-refractivity contribution in [3.63, 3.8) is 0 Å². The lowest BCUT2D eigenvalue weighted by Crippen LogP contribution is -2.49. The first-order valence-corrected chi connectivity index (χ1v) is 15.3. The summed E-state index contributed by atoms with van der Waals surface area (Å²) in [6.45, 7) is 11.5. The maximum atomic E-state index is 12.5. The number of H-pyrrole nitrogens is 1. The number of nitrogens with one attached hydrogen (secondary N) is 1. The molecule has 0 radical (unpaired) electrons. The van der Waals surface area contributed by atoms with Crippen LogP contribution >= 0.6 is 0 Å². The number of amides is 1. The van der Waals surface area contributed by atoms with Gasteiger partial charge in [0.2, 0.25) is 0 Å². The van der Waals surface area contributed by atoms with Gasteiger partial charge in [-0.3, -0.25) is 9.88 Å². The number of rotatable bonds is 7. The second-order valence-corrected chi connectivity index (χ2v) is 12.5. The summed E-state index contributed by atoms with van der Waals surface area (Å²) in [7, 11) is 0. The Morgan fingerprint density at radius 1 is 0.932 bits per heavy atom. The van der Waals surface area contributed by atoms with E-state index in [1.165, 1.54) is 16.5 Å². The number of hydrogen-bond acceptors (Lipinski definition) is 5. The summed E-state index contributed by atoms with van der Waals surface area (Å²) in [5.74, 6) is 0.853. The molecule has 0 saturated carbocycles. The smallest absolute Gasteiger partial charge is 0.410 e. The standard InChI is InChI=1S/C37H40N4O3/c1-26(28-9-11-30(12-10-28)32-7-5-6-29-14-16-39-24-34(29)32)43-35-22-27(8-13-33(35)31-15-17-38-23-31)25-40-18-20-41(21-19-40)36(42)44-37(2,3)4/h5-17,22-24,26,38H,18-21,25H2,1-4H3. The van der Waals surface area contributed by atoms with Crippen molar-refractivity contribution in [3.8, 4) is 28.0 Å². The van der Waals surface area contributed by atoms with Crippen molar-refractivity contribution in [2.75, 3.05) is 26.2 Å². The van der Waals surface area contributed by atoms with Gasteiger partial charge in [0.1, 0.15) is 17.5 Å². The largest absolute Gasteiger partial charge is 0.485 e. The van der Waals surface area contributed by atoms with Crippen LogP contribution in [0.4, 0.5) is 4.79 Å². The molecule has 6 rings (SSSR count). The molecular weight excluding hydrogens is 548 g/mol. The number of nitrogens with zero attached hydrogens (tertiary/aromatic N) is 3. The van der Waals surface area contributed by atoms with E-state index in [1.54, 1.807) is 4.90 Å². The SMILES string of the molecule is CC(Oc1cc(CN2CCN(C(=O)OC(C)(C)C)CC2)ccc1-c1cc[nH]c1)c1ccc(-c2cccc3ccncc23)cc1. The summed E-state index contributed by atoms with van der Waals surface area (Å²) < 4.78 is 12.2. The number of aromatic amines is 1. The first-order valence-electron chi connectivity index (χ1n) is 15.3. The number of benzene rings is 3. The van der Waals surface area contributed by atoms with Crippen LogP contribution in [0.2, 0.25) is 0 Å². The molecule has 2 aromatic heterocycles. The number of pyridine rings is 1. The van der Waals surface area contributed by atoms with E-state index in [4.69, 9.17) is 9.47 Å². The summed E-state index contributed by atoms with van der Waals surface area (Å²) in [4.78, 5) is 24.2. The monoisotopic (exact) mass is 588 g/mol. The molecule has 1 unspecified atom stereocenters. The summed E-state index contributed by atoms with van der Waals surface area (Å²) in [5, 5.41) is 2.33. The van der Waals surface area contributed by atoms with Gasteiger partial charge in [-0.2, -0.15) is 0 Å². The molecular formula is C37H40N4O3. The molecule has 0 bridgehead atoms. The van der Waals surface area contributed by atoms with Gasteiger partial charge in [0.15, 0.2) is 0 Å². The quantitative estimate of drug-likeness (QED) is 0.208. The number of piperazine rings is 1. The summed E-state index contributed by atoms with van der Waals surface area (Å²) in [6, 6.07) is 25.6. The van der Waals surface area contributed by atoms with E-state index in [2.05, 4.69) is 88.5 Å². The first-order chi connectivity index (χ1) is 21.2. The van der Waals surface area contributed by atoms with Crippen LogP contribution < -0.4 is 4.74 Å². The second kappa shape index (κ2) is 12.5. The van der Waals surface area contributed by atoms with Gasteiger partial charge in [0.25, 0.3) is 0 Å². The van der Waals surface area contributed by atoms with Crippen LogP contribution in [0.25, 0.3) is 33.0 Å². The Kier molecular flexibility index (Phi) is 8.40. The summed E-state index contributed by atoms with van der Waals surface area (Å²) in [6.07, 6.45) is 7.31. The fraction of sp³-hybridized carbons (Fsp3) is 0.297. The fourth-order valence-electron chi connectivity index (χ4n) is 5.72. The average Bonchev–Trinajstić information content (AvgIpc) is 3.55. The maximum Gasteiger partial charge on any atom is 0.410 e. The van der Waals surface area contributed by atoms with Gasteiger partial charge in [0, 0.05) is 74.0 Å². The second-order valence-electron chi connectivity index (χ2n) is 12.5. The van der Waals surface area contributed by atoms with Crippen LogP contribution in [-0.4, -0.2) is 57.6 Å². The maximum absolute atomic E-state index is 12.5. The Hall–Kier alpha value is -4.62. The van der Waals surface area contributed by atoms with Gasteiger partial charge in [-0.05, 0) is 73.5 Å². The molecule has 1 fully saturated rings. The Morgan fingerprint density at radius 2 is 1.73 bits per heavy atom. The third-order valence-corrected chi connectivity index (χ3v) is 8.06. The molecule has 5 aromatic rings. The molecule has 1 atom stereocenters. The van der Waals surface area contributed by atoms with E-state index < -0.39 is 5.60 Å². The topological polar surface area (TPSA) is 70.7 Å². The average molecular weight is 589 g/mol. The minimum Gasteiger partial charge on any atom is -0.485 e. The lowest BCUT2D eigenvalue weighted by molar-refractivity contribution is 0.0139. The van der Waals surface area contributed by atoms with E-state index in [9.17, 15) is 4.79 Å². The number of fused-ring (bicyclic) bond motifs is 1. The molecule has 7 nitrogen and oxygen atoms in total. The number of carbonyl (C=O) groups excluding carboxylic acids is 1. The first kappa shape index (κ1) is 29.5. The zero-order chi connectivity index (χ0) is 30.7. The van der Waals surface area contributed by atoms with Crippen molar-refractivity contribution in [2.24, 2.45) is 0 Å². The predicted octanol–water partition coefficient (Wildman–Crippen LogP) is 8.09. The van der Waals surface area contributed by atoms with E-state index in [0.717, 1.165) is 53.0 Å². The third-order valence-electron chi connectivity index (χ3n) is 8.06. The van der Waals surface area contributed by atoms with Gasteiger partial charge in [0.05, 0.1) is 0 Å². The van der Waals surface area contributed by atoms with Crippen molar-refractivity contribution >= 4 is 16.9 Å². The van der Waals surface area contributed by atoms with Crippen LogP contribution in [0.15, 0.2) is 97.6 Å². The van der Waals surface area contributed by atoms with Gasteiger partial charge < -0.3 is 19.4 Å². The van der Waals surface area contributed by atoms with Crippen molar-refractivity contribution in [1.82, 2.24) is 19.8 Å². The highest BCUT2D eigenvalue weighted by Crippen LogP contribution is 2.35. The molecule has 7 heteroatoms. The Labute approximate surface area is 259 Å². The zero-order valence-electron chi connectivity index (χ0n) is 25.9. The van der Waals surface area contributed by atoms with Crippen LogP contribution in [0.3, 0.4) is 0 Å². The van der Waals surface area contributed by atoms with Crippen molar-refractivity contribution < 1.29 is 14.3 Å². The Balaban J connectivity index is 1.17. The number of hydrogen-bond donors (Lipinski definition) is 1. The molecule has 1 amide bonds. The van der Waals surface area contributed by atoms with Crippen molar-refractivity contribution in [2.45, 2.75) is 45.9 Å². The molecule has 0 spiro atoms. The third kappa shape index (κ3) is 6.79. The molecule has 1 aliphatic heterocycles. The van der Waals surface area contributed by atoms with Crippen LogP contribution in [0.1, 0.15) is 44.9 Å². The minimum atomic E-state index is -0.487. The van der Waals surface area contributed by atoms with Gasteiger partial charge >= 0.3 is 6.09 Å². The molecule has 3 aromatic carbocycles. The lowest BCUT2D eigenvalue weighted by Gasteiger charge is -2.35. The van der Waals surface area contributed by atoms with Crippen LogP contribution in [0.5, 0.6) is 5.75 Å². The molecule has 44 heavy (non-hydrogen) atoms. The fourth-order valence-corrected chi connectivity index (χ4v) is 5.72. The Bertz CT molecular complexity index is 1710. The van der Waals surface area contributed by atoms with E-state index in [1.807, 2.05) is 51.6 Å². The molecule has 226 valence electrons. The van der Waals surface area contributed by atoms with Gasteiger partial charge in [-0.25, -0.2) is 4.79 Å². The van der Waals surface area contributed by atoms with E-state index in [0.29, 0.717) is 13.1 Å². The highest BCUT2D eigenvalue weighted by atomic mass is 16.6. The summed E-state index contributed by atoms with van der Waals surface area (Å²) in [5.41, 5.74) is 6.26. The minimum absolute atomic E-state index is 0.149. The molecule has 0 aliphatic carbocycles. The van der Waals surface area contributed by atoms with Crippen LogP contribution in [-0.2, 0) is 11.3 Å². The molecule has 3 heterocycles. The number of ether oxygens (including phenoxy) is 2. The summed E-state index contributed by atoms with van der Waals surface area (Å²) >= 11 is 0. The predicted molar refractivity (Wildman–Crippen MR) is 176 cm³/mol. The van der Waals surface area contributed by atoms with Crippen molar-refractivity contribution in [1.29, 1.82) is 0 Å². The Morgan fingerprint density at radius 3 is 2.45 bits per heavy atom. The van der Waals surface area contributed by atoms with E-state index >= 15 is 0 Å².